The Morgan fingerprint density at radius 1 is 1.12 bits per heavy atom. The van der Waals surface area contributed by atoms with Crippen LogP contribution in [0, 0.1) is 13.8 Å². The van der Waals surface area contributed by atoms with Crippen molar-refractivity contribution in [1.82, 2.24) is 20.1 Å². The Morgan fingerprint density at radius 2 is 1.91 bits per heavy atom. The summed E-state index contributed by atoms with van der Waals surface area (Å²) in [6, 6.07) is 13.1. The fourth-order valence-electron chi connectivity index (χ4n) is 3.02. The van der Waals surface area contributed by atoms with E-state index in [-0.39, 0.29) is 24.1 Å². The van der Waals surface area contributed by atoms with Gasteiger partial charge in [0.05, 0.1) is 12.3 Å². The Kier molecular flexibility index (Phi) is 8.68. The van der Waals surface area contributed by atoms with E-state index in [2.05, 4.69) is 20.8 Å². The zero-order chi connectivity index (χ0) is 23.8. The predicted octanol–water partition coefficient (Wildman–Crippen LogP) is 4.63. The van der Waals surface area contributed by atoms with Crippen LogP contribution in [-0.4, -0.2) is 32.3 Å². The van der Waals surface area contributed by atoms with Gasteiger partial charge in [0.25, 0.3) is 0 Å². The first-order chi connectivity index (χ1) is 15.9. The number of benzene rings is 2. The Labute approximate surface area is 202 Å². The molecular formula is C24H26ClN5O2S. The average molecular weight is 484 g/mol. The van der Waals surface area contributed by atoms with Crippen LogP contribution in [0.2, 0.25) is 5.02 Å². The maximum Gasteiger partial charge on any atom is 0.244 e. The van der Waals surface area contributed by atoms with Gasteiger partial charge in [-0.2, -0.15) is 0 Å². The minimum Gasteiger partial charge on any atom is -0.345 e. The van der Waals surface area contributed by atoms with Gasteiger partial charge in [-0.1, -0.05) is 47.6 Å². The Bertz CT molecular complexity index is 1180. The molecule has 3 aromatic rings. The third-order valence-electron chi connectivity index (χ3n) is 4.97. The summed E-state index contributed by atoms with van der Waals surface area (Å²) in [5.41, 5.74) is 3.84. The summed E-state index contributed by atoms with van der Waals surface area (Å²) in [6.45, 7) is 6.85. The smallest absolute Gasteiger partial charge is 0.244 e. The highest BCUT2D eigenvalue weighted by atomic mass is 35.5. The molecule has 0 spiro atoms. The van der Waals surface area contributed by atoms with Crippen molar-refractivity contribution in [1.29, 1.82) is 0 Å². The molecule has 1 heterocycles. The van der Waals surface area contributed by atoms with E-state index in [1.54, 1.807) is 12.1 Å². The van der Waals surface area contributed by atoms with Gasteiger partial charge in [0.15, 0.2) is 11.0 Å². The number of hydrogen-bond acceptors (Lipinski definition) is 5. The summed E-state index contributed by atoms with van der Waals surface area (Å²) < 4.78 is 1.88. The summed E-state index contributed by atoms with van der Waals surface area (Å²) >= 11 is 7.40. The van der Waals surface area contributed by atoms with Gasteiger partial charge >= 0.3 is 0 Å². The first-order valence-corrected chi connectivity index (χ1v) is 11.9. The average Bonchev–Trinajstić information content (AvgIpc) is 3.20. The van der Waals surface area contributed by atoms with Gasteiger partial charge in [-0.3, -0.25) is 9.59 Å². The predicted molar refractivity (Wildman–Crippen MR) is 133 cm³/mol. The number of hydrogen-bond donors (Lipinski definition) is 2. The monoisotopic (exact) mass is 483 g/mol. The SMILES string of the molecule is CCn1c(CNC(=O)/C=C/c2ccccc2Cl)nnc1SCC(=O)Nc1ccc(C)c(C)c1. The van der Waals surface area contributed by atoms with Crippen LogP contribution < -0.4 is 10.6 Å². The number of aromatic nitrogens is 3. The van der Waals surface area contributed by atoms with Crippen LogP contribution in [0.4, 0.5) is 5.69 Å². The molecule has 0 saturated carbocycles. The fraction of sp³-hybridized carbons (Fsp3) is 0.250. The van der Waals surface area contributed by atoms with Crippen molar-refractivity contribution in [2.24, 2.45) is 0 Å². The van der Waals surface area contributed by atoms with Crippen molar-refractivity contribution in [3.63, 3.8) is 0 Å². The van der Waals surface area contributed by atoms with Crippen molar-refractivity contribution in [2.75, 3.05) is 11.1 Å². The first kappa shape index (κ1) is 24.5. The summed E-state index contributed by atoms with van der Waals surface area (Å²) in [5.74, 6) is 0.447. The van der Waals surface area contributed by atoms with Crippen molar-refractivity contribution < 1.29 is 9.59 Å². The van der Waals surface area contributed by atoms with E-state index in [1.807, 2.05) is 61.7 Å². The van der Waals surface area contributed by atoms with Crippen molar-refractivity contribution in [2.45, 2.75) is 39.0 Å². The Hall–Kier alpha value is -3.10. The quantitative estimate of drug-likeness (QED) is 0.342. The number of carbonyl (C=O) groups is 2. The molecule has 9 heteroatoms. The van der Waals surface area contributed by atoms with E-state index in [4.69, 9.17) is 11.6 Å². The summed E-state index contributed by atoms with van der Waals surface area (Å²) in [5, 5.41) is 15.3. The highest BCUT2D eigenvalue weighted by molar-refractivity contribution is 7.99. The van der Waals surface area contributed by atoms with Crippen molar-refractivity contribution >= 4 is 46.9 Å². The maximum atomic E-state index is 12.4. The zero-order valence-electron chi connectivity index (χ0n) is 18.8. The first-order valence-electron chi connectivity index (χ1n) is 10.5. The lowest BCUT2D eigenvalue weighted by Gasteiger charge is -2.09. The molecule has 1 aromatic heterocycles. The third kappa shape index (κ3) is 6.94. The fourth-order valence-corrected chi connectivity index (χ4v) is 4.04. The van der Waals surface area contributed by atoms with Gasteiger partial charge in [-0.25, -0.2) is 0 Å². The van der Waals surface area contributed by atoms with E-state index in [0.717, 1.165) is 16.8 Å². The van der Waals surface area contributed by atoms with E-state index < -0.39 is 0 Å². The minimum atomic E-state index is -0.262. The van der Waals surface area contributed by atoms with Gasteiger partial charge < -0.3 is 15.2 Å². The van der Waals surface area contributed by atoms with Crippen LogP contribution in [0.3, 0.4) is 0 Å². The summed E-state index contributed by atoms with van der Waals surface area (Å²) in [6.07, 6.45) is 3.10. The molecule has 2 aromatic carbocycles. The highest BCUT2D eigenvalue weighted by Crippen LogP contribution is 2.19. The number of nitrogens with zero attached hydrogens (tertiary/aromatic N) is 3. The van der Waals surface area contributed by atoms with Crippen LogP contribution in [0.5, 0.6) is 0 Å². The lowest BCUT2D eigenvalue weighted by Crippen LogP contribution is -2.22. The molecule has 0 saturated heterocycles. The molecule has 0 aliphatic rings. The molecule has 172 valence electrons. The van der Waals surface area contributed by atoms with Crippen LogP contribution in [0.15, 0.2) is 53.7 Å². The molecule has 0 aliphatic heterocycles. The topological polar surface area (TPSA) is 88.9 Å². The molecule has 0 atom stereocenters. The van der Waals surface area contributed by atoms with Gasteiger partial charge in [0.1, 0.15) is 0 Å². The van der Waals surface area contributed by atoms with Crippen LogP contribution >= 0.6 is 23.4 Å². The van der Waals surface area contributed by atoms with Gasteiger partial charge in [0, 0.05) is 23.3 Å². The zero-order valence-corrected chi connectivity index (χ0v) is 20.3. The second kappa shape index (κ2) is 11.7. The normalized spacial score (nSPS) is 11.0. The third-order valence-corrected chi connectivity index (χ3v) is 6.28. The van der Waals surface area contributed by atoms with E-state index in [1.165, 1.54) is 23.4 Å². The molecule has 3 rings (SSSR count). The molecule has 33 heavy (non-hydrogen) atoms. The van der Waals surface area contributed by atoms with E-state index >= 15 is 0 Å². The lowest BCUT2D eigenvalue weighted by molar-refractivity contribution is -0.116. The minimum absolute atomic E-state index is 0.117. The number of amides is 2. The standard InChI is InChI=1S/C24H26ClN5O2S/c1-4-30-21(14-26-22(31)12-10-18-7-5-6-8-20(18)25)28-29-24(30)33-15-23(32)27-19-11-9-16(2)17(3)13-19/h5-13H,4,14-15H2,1-3H3,(H,26,31)(H,27,32)/b12-10+. The molecule has 0 aliphatic carbocycles. The van der Waals surface area contributed by atoms with E-state index in [0.29, 0.717) is 22.5 Å². The Morgan fingerprint density at radius 3 is 2.64 bits per heavy atom. The molecule has 0 radical (unpaired) electrons. The molecule has 0 bridgehead atoms. The lowest BCUT2D eigenvalue weighted by atomic mass is 10.1. The highest BCUT2D eigenvalue weighted by Gasteiger charge is 2.14. The van der Waals surface area contributed by atoms with Crippen LogP contribution in [0.1, 0.15) is 29.4 Å². The molecule has 7 nitrogen and oxygen atoms in total. The van der Waals surface area contributed by atoms with Crippen molar-refractivity contribution in [3.05, 3.63) is 76.1 Å². The summed E-state index contributed by atoms with van der Waals surface area (Å²) in [7, 11) is 0. The van der Waals surface area contributed by atoms with Gasteiger partial charge in [-0.05, 0) is 61.7 Å². The molecule has 0 unspecified atom stereocenters. The number of carbonyl (C=O) groups excluding carboxylic acids is 2. The largest absolute Gasteiger partial charge is 0.345 e. The van der Waals surface area contributed by atoms with Crippen molar-refractivity contribution in [3.8, 4) is 0 Å². The molecule has 0 fully saturated rings. The number of anilines is 1. The molecule has 2 amide bonds. The second-order valence-corrected chi connectivity index (χ2v) is 8.70. The summed E-state index contributed by atoms with van der Waals surface area (Å²) in [4.78, 5) is 24.5. The number of halogens is 1. The van der Waals surface area contributed by atoms with Gasteiger partial charge in [0.2, 0.25) is 11.8 Å². The van der Waals surface area contributed by atoms with Crippen LogP contribution in [-0.2, 0) is 22.7 Å². The number of nitrogens with one attached hydrogen (secondary N) is 2. The molecular weight excluding hydrogens is 458 g/mol. The number of thioether (sulfide) groups is 1. The maximum absolute atomic E-state index is 12.4. The number of rotatable bonds is 9. The number of aryl methyl sites for hydroxylation is 2. The Balaban J connectivity index is 1.53. The second-order valence-electron chi connectivity index (χ2n) is 7.35. The molecule has 2 N–H and O–H groups in total. The van der Waals surface area contributed by atoms with Gasteiger partial charge in [-0.15, -0.1) is 10.2 Å². The van der Waals surface area contributed by atoms with E-state index in [9.17, 15) is 9.59 Å². The van der Waals surface area contributed by atoms with Crippen LogP contribution in [0.25, 0.3) is 6.08 Å².